The smallest absolute Gasteiger partial charge is 0.0704 e. The average molecular weight is 287 g/mol. The lowest BCUT2D eigenvalue weighted by Crippen LogP contribution is -2.04. The number of nitrogens with two attached hydrogens (primary N) is 1. The number of hydrogen-bond donors (Lipinski definition) is 3. The van der Waals surface area contributed by atoms with Gasteiger partial charge in [-0.2, -0.15) is 0 Å². The van der Waals surface area contributed by atoms with E-state index in [0.717, 1.165) is 27.7 Å². The molecule has 0 saturated carbocycles. The summed E-state index contributed by atoms with van der Waals surface area (Å²) in [5.41, 5.74) is 10.2. The third-order valence-electron chi connectivity index (χ3n) is 3.73. The minimum Gasteiger partial charge on any atom is -0.396 e. The molecule has 0 atom stereocenters. The van der Waals surface area contributed by atoms with Crippen molar-refractivity contribution in [3.8, 4) is 0 Å². The van der Waals surface area contributed by atoms with E-state index in [9.17, 15) is 0 Å². The zero-order valence-corrected chi connectivity index (χ0v) is 12.1. The van der Waals surface area contributed by atoms with Crippen molar-refractivity contribution in [2.24, 2.45) is 0 Å². The molecule has 4 N–H and O–H groups in total. The lowest BCUT2D eigenvalue weighted by atomic mass is 9.95. The zero-order chi connectivity index (χ0) is 15.5. The second-order valence-corrected chi connectivity index (χ2v) is 5.00. The summed E-state index contributed by atoms with van der Waals surface area (Å²) in [5, 5.41) is 13.1. The van der Waals surface area contributed by atoms with Crippen LogP contribution in [0.5, 0.6) is 0 Å². The molecule has 0 saturated heterocycles. The number of nitrogens with one attached hydrogen (secondary N) is 2. The van der Waals surface area contributed by atoms with Crippen molar-refractivity contribution in [3.05, 3.63) is 72.3 Å². The lowest BCUT2D eigenvalue weighted by Gasteiger charge is -2.17. The van der Waals surface area contributed by atoms with E-state index in [4.69, 9.17) is 11.1 Å². The quantitative estimate of drug-likeness (QED) is 0.476. The Bertz CT molecular complexity index is 851. The van der Waals surface area contributed by atoms with E-state index >= 15 is 0 Å². The van der Waals surface area contributed by atoms with Crippen molar-refractivity contribution >= 4 is 40.1 Å². The molecule has 0 unspecified atom stereocenters. The number of anilines is 3. The molecule has 0 aliphatic carbocycles. The molecule has 0 radical (unpaired) electrons. The summed E-state index contributed by atoms with van der Waals surface area (Å²) in [5.74, 6) is 0. The van der Waals surface area contributed by atoms with Gasteiger partial charge in [-0.1, -0.05) is 55.1 Å². The summed E-state index contributed by atoms with van der Waals surface area (Å²) in [6.45, 7) is 3.87. The van der Waals surface area contributed by atoms with Gasteiger partial charge in [-0.25, -0.2) is 0 Å². The topological polar surface area (TPSA) is 61.9 Å². The van der Waals surface area contributed by atoms with Crippen LogP contribution in [0.1, 0.15) is 11.1 Å². The van der Waals surface area contributed by atoms with E-state index in [2.05, 4.69) is 11.9 Å². The highest BCUT2D eigenvalue weighted by atomic mass is 14.9. The van der Waals surface area contributed by atoms with Gasteiger partial charge in [-0.05, 0) is 23.1 Å². The molecular formula is C19H17N3. The summed E-state index contributed by atoms with van der Waals surface area (Å²) >= 11 is 0. The highest BCUT2D eigenvalue weighted by molar-refractivity contribution is 6.12. The first-order chi connectivity index (χ1) is 10.8. The van der Waals surface area contributed by atoms with Crippen LogP contribution in [0, 0.1) is 5.41 Å². The third-order valence-corrected chi connectivity index (χ3v) is 3.73. The van der Waals surface area contributed by atoms with Crippen LogP contribution in [0.3, 0.4) is 0 Å². The minimum atomic E-state index is 0.562. The Kier molecular flexibility index (Phi) is 3.62. The average Bonchev–Trinajstić information content (AvgIpc) is 2.57. The molecule has 3 nitrogen and oxygen atoms in total. The van der Waals surface area contributed by atoms with Gasteiger partial charge in [0.1, 0.15) is 0 Å². The van der Waals surface area contributed by atoms with E-state index < -0.39 is 0 Å². The number of hydrogen-bond acceptors (Lipinski definition) is 3. The monoisotopic (exact) mass is 287 g/mol. The maximum Gasteiger partial charge on any atom is 0.0704 e. The summed E-state index contributed by atoms with van der Waals surface area (Å²) < 4.78 is 0. The molecule has 0 aliphatic rings. The Balaban J connectivity index is 2.31. The first kappa shape index (κ1) is 13.9. The molecular weight excluding hydrogens is 270 g/mol. The van der Waals surface area contributed by atoms with E-state index in [1.165, 1.54) is 6.21 Å². The third kappa shape index (κ3) is 2.23. The first-order valence-corrected chi connectivity index (χ1v) is 7.05. The van der Waals surface area contributed by atoms with Crippen LogP contribution in [0.15, 0.2) is 61.2 Å². The van der Waals surface area contributed by atoms with Crippen molar-refractivity contribution in [2.75, 3.05) is 11.1 Å². The largest absolute Gasteiger partial charge is 0.396 e. The van der Waals surface area contributed by atoms with Crippen LogP contribution in [-0.4, -0.2) is 6.21 Å². The number of nitrogen functional groups attached to an aromatic ring is 1. The molecule has 3 rings (SSSR count). The van der Waals surface area contributed by atoms with Gasteiger partial charge in [0.05, 0.1) is 11.4 Å². The molecule has 0 bridgehead atoms. The first-order valence-electron chi connectivity index (χ1n) is 7.05. The van der Waals surface area contributed by atoms with Crippen LogP contribution in [0.2, 0.25) is 0 Å². The Morgan fingerprint density at radius 2 is 1.55 bits per heavy atom. The predicted molar refractivity (Wildman–Crippen MR) is 96.1 cm³/mol. The molecule has 0 fully saturated rings. The number of rotatable bonds is 4. The standard InChI is InChI=1S/C19H17N3/c1-2-14-15-10-6-7-11-16(15)19(18(21)17(14)12-20)22-13-8-4-3-5-9-13/h2-12,20,22H,1,21H2. The number of benzene rings is 3. The van der Waals surface area contributed by atoms with Crippen molar-refractivity contribution in [1.82, 2.24) is 0 Å². The molecule has 0 spiro atoms. The van der Waals surface area contributed by atoms with Gasteiger partial charge in [-0.3, -0.25) is 0 Å². The molecule has 0 aliphatic heterocycles. The summed E-state index contributed by atoms with van der Waals surface area (Å²) in [6, 6.07) is 17.9. The van der Waals surface area contributed by atoms with Gasteiger partial charge in [-0.15, -0.1) is 0 Å². The van der Waals surface area contributed by atoms with E-state index in [1.807, 2.05) is 54.6 Å². The number of fused-ring (bicyclic) bond motifs is 1. The van der Waals surface area contributed by atoms with Crippen molar-refractivity contribution in [3.63, 3.8) is 0 Å². The summed E-state index contributed by atoms with van der Waals surface area (Å²) in [4.78, 5) is 0. The van der Waals surface area contributed by atoms with Gasteiger partial charge < -0.3 is 16.5 Å². The van der Waals surface area contributed by atoms with Crippen LogP contribution in [-0.2, 0) is 0 Å². The van der Waals surface area contributed by atoms with Gasteiger partial charge in [0.15, 0.2) is 0 Å². The fourth-order valence-corrected chi connectivity index (χ4v) is 2.68. The summed E-state index contributed by atoms with van der Waals surface area (Å²) in [6.07, 6.45) is 3.04. The van der Waals surface area contributed by atoms with Crippen LogP contribution >= 0.6 is 0 Å². The molecule has 108 valence electrons. The number of para-hydroxylation sites is 1. The normalized spacial score (nSPS) is 10.4. The fourth-order valence-electron chi connectivity index (χ4n) is 2.68. The fraction of sp³-hybridized carbons (Fsp3) is 0. The molecule has 3 heteroatoms. The Morgan fingerprint density at radius 1 is 0.909 bits per heavy atom. The van der Waals surface area contributed by atoms with Crippen LogP contribution in [0.25, 0.3) is 16.8 Å². The minimum absolute atomic E-state index is 0.562. The van der Waals surface area contributed by atoms with Gasteiger partial charge in [0, 0.05) is 22.9 Å². The highest BCUT2D eigenvalue weighted by Crippen LogP contribution is 2.37. The maximum absolute atomic E-state index is 7.70. The summed E-state index contributed by atoms with van der Waals surface area (Å²) in [7, 11) is 0. The second kappa shape index (κ2) is 5.74. The van der Waals surface area contributed by atoms with E-state index in [0.29, 0.717) is 11.3 Å². The van der Waals surface area contributed by atoms with Gasteiger partial charge >= 0.3 is 0 Å². The predicted octanol–water partition coefficient (Wildman–Crippen LogP) is 4.81. The Labute approximate surface area is 129 Å². The van der Waals surface area contributed by atoms with Gasteiger partial charge in [0.2, 0.25) is 0 Å². The van der Waals surface area contributed by atoms with Crippen molar-refractivity contribution < 1.29 is 0 Å². The van der Waals surface area contributed by atoms with E-state index in [1.54, 1.807) is 6.08 Å². The lowest BCUT2D eigenvalue weighted by molar-refractivity contribution is 1.52. The maximum atomic E-state index is 7.70. The second-order valence-electron chi connectivity index (χ2n) is 5.00. The van der Waals surface area contributed by atoms with Crippen LogP contribution in [0.4, 0.5) is 17.1 Å². The molecule has 0 aromatic heterocycles. The Hall–Kier alpha value is -3.07. The Morgan fingerprint density at radius 3 is 2.18 bits per heavy atom. The van der Waals surface area contributed by atoms with E-state index in [-0.39, 0.29) is 0 Å². The zero-order valence-electron chi connectivity index (χ0n) is 12.1. The molecule has 22 heavy (non-hydrogen) atoms. The molecule has 0 amide bonds. The molecule has 3 aromatic carbocycles. The molecule has 0 heterocycles. The van der Waals surface area contributed by atoms with Crippen molar-refractivity contribution in [2.45, 2.75) is 0 Å². The molecule has 3 aromatic rings. The van der Waals surface area contributed by atoms with Crippen LogP contribution < -0.4 is 11.1 Å². The van der Waals surface area contributed by atoms with Crippen molar-refractivity contribution in [1.29, 1.82) is 5.41 Å². The van der Waals surface area contributed by atoms with Gasteiger partial charge in [0.25, 0.3) is 0 Å². The highest BCUT2D eigenvalue weighted by Gasteiger charge is 2.14. The SMILES string of the molecule is C=Cc1c(C=N)c(N)c(Nc2ccccc2)c2ccccc12.